The SMILES string of the molecule is CCCC1C[C@H]2CC(O)CC(Cc3cccc(O)c3C(=O)O1)O2. The molecule has 0 saturated carbocycles. The summed E-state index contributed by atoms with van der Waals surface area (Å²) in [6.45, 7) is 2.04. The van der Waals surface area contributed by atoms with E-state index in [4.69, 9.17) is 9.47 Å². The highest BCUT2D eigenvalue weighted by atomic mass is 16.5. The van der Waals surface area contributed by atoms with E-state index in [0.29, 0.717) is 31.2 Å². The maximum atomic E-state index is 12.5. The molecule has 2 aliphatic rings. The first kappa shape index (κ1) is 16.3. The van der Waals surface area contributed by atoms with Crippen molar-refractivity contribution >= 4 is 5.97 Å². The highest BCUT2D eigenvalue weighted by Crippen LogP contribution is 2.32. The Morgan fingerprint density at radius 1 is 1.22 bits per heavy atom. The van der Waals surface area contributed by atoms with Crippen LogP contribution in [0.2, 0.25) is 0 Å². The molecule has 1 aromatic rings. The molecule has 5 heteroatoms. The average molecular weight is 320 g/mol. The Labute approximate surface area is 136 Å². The molecule has 0 aliphatic carbocycles. The van der Waals surface area contributed by atoms with Crippen LogP contribution < -0.4 is 0 Å². The summed E-state index contributed by atoms with van der Waals surface area (Å²) in [7, 11) is 0. The maximum absolute atomic E-state index is 12.5. The third-order valence-electron chi connectivity index (χ3n) is 4.65. The molecule has 2 N–H and O–H groups in total. The summed E-state index contributed by atoms with van der Waals surface area (Å²) in [6, 6.07) is 5.03. The van der Waals surface area contributed by atoms with Crippen molar-refractivity contribution in [2.45, 2.75) is 69.9 Å². The molecular weight excluding hydrogens is 296 g/mol. The number of cyclic esters (lactones) is 1. The van der Waals surface area contributed by atoms with Crippen molar-refractivity contribution in [1.82, 2.24) is 0 Å². The number of esters is 1. The van der Waals surface area contributed by atoms with Gasteiger partial charge in [-0.1, -0.05) is 25.5 Å². The lowest BCUT2D eigenvalue weighted by molar-refractivity contribution is -0.110. The predicted molar refractivity (Wildman–Crippen MR) is 84.4 cm³/mol. The zero-order valence-electron chi connectivity index (χ0n) is 13.4. The van der Waals surface area contributed by atoms with E-state index in [9.17, 15) is 15.0 Å². The number of carbonyl (C=O) groups is 1. The van der Waals surface area contributed by atoms with Crippen molar-refractivity contribution in [3.8, 4) is 5.75 Å². The van der Waals surface area contributed by atoms with Crippen LogP contribution in [0.4, 0.5) is 0 Å². The molecule has 4 atom stereocenters. The zero-order valence-corrected chi connectivity index (χ0v) is 13.4. The van der Waals surface area contributed by atoms with Crippen molar-refractivity contribution in [2.75, 3.05) is 0 Å². The molecule has 23 heavy (non-hydrogen) atoms. The van der Waals surface area contributed by atoms with Crippen LogP contribution in [0.25, 0.3) is 0 Å². The zero-order chi connectivity index (χ0) is 16.4. The number of rotatable bonds is 2. The summed E-state index contributed by atoms with van der Waals surface area (Å²) in [5, 5.41) is 20.2. The van der Waals surface area contributed by atoms with Gasteiger partial charge in [-0.25, -0.2) is 4.79 Å². The molecule has 0 spiro atoms. The van der Waals surface area contributed by atoms with E-state index in [2.05, 4.69) is 0 Å². The molecule has 3 unspecified atom stereocenters. The van der Waals surface area contributed by atoms with Gasteiger partial charge in [-0.05, 0) is 37.3 Å². The third-order valence-corrected chi connectivity index (χ3v) is 4.65. The van der Waals surface area contributed by atoms with E-state index in [0.717, 1.165) is 12.8 Å². The van der Waals surface area contributed by atoms with Crippen molar-refractivity contribution in [2.24, 2.45) is 0 Å². The molecule has 1 saturated heterocycles. The fourth-order valence-corrected chi connectivity index (χ4v) is 3.66. The molecule has 1 aromatic carbocycles. The molecule has 2 aliphatic heterocycles. The Kier molecular flexibility index (Phi) is 4.87. The standard InChI is InChI=1S/C18H24O5/c1-2-4-13-10-15-9-12(19)8-14(22-15)7-11-5-3-6-16(20)17(11)18(21)23-13/h3,5-6,12-15,19-20H,2,4,7-10H2,1H3/t12?,13?,14?,15-/m1/s1. The molecule has 3 rings (SSSR count). The number of aliphatic hydroxyl groups excluding tert-OH is 1. The summed E-state index contributed by atoms with van der Waals surface area (Å²) in [4.78, 5) is 12.5. The van der Waals surface area contributed by atoms with E-state index in [1.165, 1.54) is 6.07 Å². The number of carbonyl (C=O) groups excluding carboxylic acids is 1. The van der Waals surface area contributed by atoms with Crippen LogP contribution in [0.5, 0.6) is 5.75 Å². The Morgan fingerprint density at radius 2 is 2.00 bits per heavy atom. The van der Waals surface area contributed by atoms with Crippen LogP contribution in [-0.4, -0.2) is 40.6 Å². The molecule has 126 valence electrons. The number of aliphatic hydroxyl groups is 1. The summed E-state index contributed by atoms with van der Waals surface area (Å²) in [5.74, 6) is -0.520. The van der Waals surface area contributed by atoms with Crippen LogP contribution >= 0.6 is 0 Å². The number of phenols is 1. The van der Waals surface area contributed by atoms with Gasteiger partial charge in [0.15, 0.2) is 0 Å². The van der Waals surface area contributed by atoms with Crippen molar-refractivity contribution in [3.63, 3.8) is 0 Å². The minimum absolute atomic E-state index is 0.0590. The summed E-state index contributed by atoms with van der Waals surface area (Å²) < 4.78 is 11.7. The number of aromatic hydroxyl groups is 1. The van der Waals surface area contributed by atoms with Gasteiger partial charge in [-0.15, -0.1) is 0 Å². The minimum atomic E-state index is -0.461. The van der Waals surface area contributed by atoms with Gasteiger partial charge in [-0.2, -0.15) is 0 Å². The van der Waals surface area contributed by atoms with E-state index < -0.39 is 12.1 Å². The van der Waals surface area contributed by atoms with Crippen LogP contribution in [-0.2, 0) is 15.9 Å². The molecule has 0 aromatic heterocycles. The lowest BCUT2D eigenvalue weighted by Gasteiger charge is -2.36. The normalized spacial score (nSPS) is 31.1. The van der Waals surface area contributed by atoms with E-state index in [1.807, 2.05) is 13.0 Å². The first-order valence-corrected chi connectivity index (χ1v) is 8.42. The second-order valence-corrected chi connectivity index (χ2v) is 6.57. The molecule has 5 nitrogen and oxygen atoms in total. The van der Waals surface area contributed by atoms with Gasteiger partial charge in [0.25, 0.3) is 0 Å². The number of ether oxygens (including phenoxy) is 2. The van der Waals surface area contributed by atoms with Crippen molar-refractivity contribution in [3.05, 3.63) is 29.3 Å². The Hall–Kier alpha value is -1.59. The first-order valence-electron chi connectivity index (χ1n) is 8.42. The number of fused-ring (bicyclic) bond motifs is 3. The molecule has 2 heterocycles. The topological polar surface area (TPSA) is 76.0 Å². The smallest absolute Gasteiger partial charge is 0.342 e. The summed E-state index contributed by atoms with van der Waals surface area (Å²) in [5.41, 5.74) is 0.945. The Morgan fingerprint density at radius 3 is 2.78 bits per heavy atom. The lowest BCUT2D eigenvalue weighted by Crippen LogP contribution is -2.40. The van der Waals surface area contributed by atoms with E-state index in [1.54, 1.807) is 6.07 Å². The van der Waals surface area contributed by atoms with Crippen molar-refractivity contribution < 1.29 is 24.5 Å². The van der Waals surface area contributed by atoms with Crippen molar-refractivity contribution in [1.29, 1.82) is 0 Å². The first-order chi connectivity index (χ1) is 11.1. The van der Waals surface area contributed by atoms with Gasteiger partial charge in [0.1, 0.15) is 17.4 Å². The number of benzene rings is 1. The fraction of sp³-hybridized carbons (Fsp3) is 0.611. The minimum Gasteiger partial charge on any atom is -0.507 e. The van der Waals surface area contributed by atoms with E-state index >= 15 is 0 Å². The summed E-state index contributed by atoms with van der Waals surface area (Å²) >= 11 is 0. The van der Waals surface area contributed by atoms with Crippen LogP contribution in [0.3, 0.4) is 0 Å². The van der Waals surface area contributed by atoms with Gasteiger partial charge in [0, 0.05) is 6.42 Å². The maximum Gasteiger partial charge on any atom is 0.342 e. The van der Waals surface area contributed by atoms with Crippen LogP contribution in [0, 0.1) is 0 Å². The van der Waals surface area contributed by atoms with Crippen LogP contribution in [0.1, 0.15) is 54.9 Å². The average Bonchev–Trinajstić information content (AvgIpc) is 2.46. The van der Waals surface area contributed by atoms with Gasteiger partial charge < -0.3 is 19.7 Å². The second-order valence-electron chi connectivity index (χ2n) is 6.57. The third kappa shape index (κ3) is 3.67. The fourth-order valence-electron chi connectivity index (χ4n) is 3.66. The lowest BCUT2D eigenvalue weighted by atomic mass is 9.91. The molecule has 2 bridgehead atoms. The molecule has 0 radical (unpaired) electrons. The van der Waals surface area contributed by atoms with Gasteiger partial charge >= 0.3 is 5.97 Å². The van der Waals surface area contributed by atoms with Gasteiger partial charge in [0.2, 0.25) is 0 Å². The van der Waals surface area contributed by atoms with Crippen LogP contribution in [0.15, 0.2) is 18.2 Å². The highest BCUT2D eigenvalue weighted by Gasteiger charge is 2.34. The Bertz CT molecular complexity index is 571. The molecular formula is C18H24O5. The van der Waals surface area contributed by atoms with Gasteiger partial charge in [0.05, 0.1) is 18.3 Å². The summed E-state index contributed by atoms with van der Waals surface area (Å²) in [6.07, 6.45) is 2.98. The molecule has 1 fully saturated rings. The predicted octanol–water partition coefficient (Wildman–Crippen LogP) is 2.57. The number of phenolic OH excluding ortho intramolecular Hbond substituents is 1. The Balaban J connectivity index is 1.96. The quantitative estimate of drug-likeness (QED) is 0.819. The molecule has 0 amide bonds. The monoisotopic (exact) mass is 320 g/mol. The highest BCUT2D eigenvalue weighted by molar-refractivity contribution is 5.94. The van der Waals surface area contributed by atoms with E-state index in [-0.39, 0.29) is 29.6 Å². The number of hydrogen-bond donors (Lipinski definition) is 2. The number of hydrogen-bond acceptors (Lipinski definition) is 5. The van der Waals surface area contributed by atoms with Gasteiger partial charge in [-0.3, -0.25) is 0 Å². The largest absolute Gasteiger partial charge is 0.507 e. The second kappa shape index (κ2) is 6.89.